The molecule has 1 aromatic rings. The summed E-state index contributed by atoms with van der Waals surface area (Å²) in [6.45, 7) is 5.26. The van der Waals surface area contributed by atoms with Gasteiger partial charge in [0.2, 0.25) is 12.3 Å². The first kappa shape index (κ1) is 26.0. The second-order valence-corrected chi connectivity index (χ2v) is 6.96. The van der Waals surface area contributed by atoms with Gasteiger partial charge in [-0.05, 0) is 26.3 Å². The van der Waals surface area contributed by atoms with Crippen LogP contribution in [0.5, 0.6) is 0 Å². The minimum absolute atomic E-state index is 0.00226. The predicted molar refractivity (Wildman–Crippen MR) is 107 cm³/mol. The van der Waals surface area contributed by atoms with E-state index in [1.165, 1.54) is 27.7 Å². The van der Waals surface area contributed by atoms with Crippen LogP contribution in [-0.4, -0.2) is 48.9 Å². The fraction of sp³-hybridized carbons (Fsp3) is 0.524. The van der Waals surface area contributed by atoms with Crippen molar-refractivity contribution in [1.29, 1.82) is 0 Å². The van der Waals surface area contributed by atoms with Gasteiger partial charge in [0.1, 0.15) is 12.6 Å². The molecule has 8 nitrogen and oxygen atoms in total. The molecule has 1 aromatic carbocycles. The number of ether oxygens (including phenoxy) is 2. The maximum Gasteiger partial charge on any atom is 0.408 e. The lowest BCUT2D eigenvalue weighted by Gasteiger charge is -2.25. The highest BCUT2D eigenvalue weighted by Crippen LogP contribution is 2.23. The summed E-state index contributed by atoms with van der Waals surface area (Å²) in [5, 5.41) is 4.57. The highest BCUT2D eigenvalue weighted by Gasteiger charge is 2.40. The second-order valence-electron chi connectivity index (χ2n) is 6.96. The van der Waals surface area contributed by atoms with Crippen LogP contribution in [0.2, 0.25) is 0 Å². The van der Waals surface area contributed by atoms with Crippen LogP contribution >= 0.6 is 0 Å². The van der Waals surface area contributed by atoms with Gasteiger partial charge in [0, 0.05) is 0 Å². The van der Waals surface area contributed by atoms with E-state index >= 15 is 0 Å². The number of Topliss-reactive ketones (excluding diaryl/α,β-unsaturated/α-hetero) is 1. The molecule has 172 valence electrons. The molecule has 0 radical (unpaired) electrons. The molecule has 0 spiro atoms. The largest absolute Gasteiger partial charge is 0.466 e. The van der Waals surface area contributed by atoms with Crippen molar-refractivity contribution in [3.05, 3.63) is 35.9 Å². The molecular weight excluding hydrogens is 414 g/mol. The molecule has 0 bridgehead atoms. The summed E-state index contributed by atoms with van der Waals surface area (Å²) in [5.41, 5.74) is 0.753. The van der Waals surface area contributed by atoms with Gasteiger partial charge >= 0.3 is 12.1 Å². The van der Waals surface area contributed by atoms with E-state index in [9.17, 15) is 28.0 Å². The van der Waals surface area contributed by atoms with E-state index in [-0.39, 0.29) is 13.2 Å². The molecular formula is C21H28F2N2O6. The number of rotatable bonds is 11. The number of ketones is 1. The van der Waals surface area contributed by atoms with Gasteiger partial charge in [-0.2, -0.15) is 0 Å². The second kappa shape index (κ2) is 12.6. The maximum atomic E-state index is 13.4. The SMILES string of the molecule is CCOC(=O)C(C)C(C(=O)[C@H](C)NC(=O)[C@H](C)NC(=O)OCc1ccccc1)C(F)F. The number of carbonyl (C=O) groups excluding carboxylic acids is 4. The maximum absolute atomic E-state index is 13.4. The van der Waals surface area contributed by atoms with E-state index in [0.717, 1.165) is 5.56 Å². The topological polar surface area (TPSA) is 111 Å². The van der Waals surface area contributed by atoms with Gasteiger partial charge in [0.25, 0.3) is 0 Å². The zero-order chi connectivity index (χ0) is 23.6. The number of halogens is 2. The van der Waals surface area contributed by atoms with Crippen LogP contribution in [-0.2, 0) is 30.5 Å². The number of alkyl halides is 2. The van der Waals surface area contributed by atoms with Crippen molar-refractivity contribution in [3.63, 3.8) is 0 Å². The Balaban J connectivity index is 2.61. The van der Waals surface area contributed by atoms with Crippen molar-refractivity contribution < 1.29 is 37.4 Å². The molecule has 0 saturated carbocycles. The van der Waals surface area contributed by atoms with Crippen molar-refractivity contribution in [2.24, 2.45) is 11.8 Å². The fourth-order valence-corrected chi connectivity index (χ4v) is 2.71. The molecule has 0 fully saturated rings. The first-order chi connectivity index (χ1) is 14.6. The van der Waals surface area contributed by atoms with Crippen LogP contribution in [0.25, 0.3) is 0 Å². The summed E-state index contributed by atoms with van der Waals surface area (Å²) in [5.74, 6) is -6.02. The van der Waals surface area contributed by atoms with Gasteiger partial charge in [0.15, 0.2) is 5.78 Å². The summed E-state index contributed by atoms with van der Waals surface area (Å²) in [7, 11) is 0. The van der Waals surface area contributed by atoms with Gasteiger partial charge in [-0.3, -0.25) is 14.4 Å². The third-order valence-corrected chi connectivity index (χ3v) is 4.52. The van der Waals surface area contributed by atoms with Crippen LogP contribution in [0, 0.1) is 11.8 Å². The number of nitrogens with one attached hydrogen (secondary N) is 2. The summed E-state index contributed by atoms with van der Waals surface area (Å²) in [6, 6.07) is 6.48. The Hall–Kier alpha value is -3.04. The molecule has 2 N–H and O–H groups in total. The average Bonchev–Trinajstić information content (AvgIpc) is 2.72. The minimum atomic E-state index is -3.12. The molecule has 2 amide bonds. The number of carbonyl (C=O) groups is 4. The molecule has 2 unspecified atom stereocenters. The molecule has 0 aliphatic heterocycles. The van der Waals surface area contributed by atoms with Crippen molar-refractivity contribution in [3.8, 4) is 0 Å². The molecule has 0 aromatic heterocycles. The number of amides is 2. The standard InChI is InChI=1S/C21H28F2N2O6/c1-5-30-20(28)12(2)16(18(22)23)17(26)13(3)24-19(27)14(4)25-21(29)31-11-15-9-7-6-8-10-15/h6-10,12-14,16,18H,5,11H2,1-4H3,(H,24,27)(H,25,29)/t12?,13-,14-,16?/m0/s1. The first-order valence-corrected chi connectivity index (χ1v) is 9.84. The van der Waals surface area contributed by atoms with Gasteiger partial charge in [-0.25, -0.2) is 13.6 Å². The number of hydrogen-bond donors (Lipinski definition) is 2. The molecule has 10 heteroatoms. The first-order valence-electron chi connectivity index (χ1n) is 9.84. The number of hydrogen-bond acceptors (Lipinski definition) is 6. The third-order valence-electron chi connectivity index (χ3n) is 4.52. The molecule has 0 heterocycles. The lowest BCUT2D eigenvalue weighted by Crippen LogP contribution is -2.52. The number of alkyl carbamates (subject to hydrolysis) is 1. The zero-order valence-electron chi connectivity index (χ0n) is 17.9. The van der Waals surface area contributed by atoms with E-state index in [4.69, 9.17) is 9.47 Å². The Bertz CT molecular complexity index is 759. The normalized spacial score (nSPS) is 14.7. The summed E-state index contributed by atoms with van der Waals surface area (Å²) in [4.78, 5) is 48.3. The van der Waals surface area contributed by atoms with Crippen molar-refractivity contribution in [2.45, 2.75) is 52.8 Å². The Labute approximate surface area is 179 Å². The zero-order valence-corrected chi connectivity index (χ0v) is 17.9. The lowest BCUT2D eigenvalue weighted by molar-refractivity contribution is -0.155. The van der Waals surface area contributed by atoms with Crippen LogP contribution in [0.1, 0.15) is 33.3 Å². The quantitative estimate of drug-likeness (QED) is 0.510. The Morgan fingerprint density at radius 2 is 1.55 bits per heavy atom. The van der Waals surface area contributed by atoms with E-state index < -0.39 is 54.1 Å². The highest BCUT2D eigenvalue weighted by molar-refractivity contribution is 5.94. The molecule has 0 aliphatic rings. The van der Waals surface area contributed by atoms with Gasteiger partial charge in [-0.15, -0.1) is 0 Å². The summed E-state index contributed by atoms with van der Waals surface area (Å²) < 4.78 is 36.6. The lowest BCUT2D eigenvalue weighted by atomic mass is 9.87. The number of benzene rings is 1. The van der Waals surface area contributed by atoms with Crippen molar-refractivity contribution in [2.75, 3.05) is 6.61 Å². The third kappa shape index (κ3) is 8.31. The smallest absolute Gasteiger partial charge is 0.408 e. The van der Waals surface area contributed by atoms with Crippen LogP contribution < -0.4 is 10.6 Å². The molecule has 0 saturated heterocycles. The van der Waals surface area contributed by atoms with E-state index in [1.807, 2.05) is 6.07 Å². The molecule has 0 aliphatic carbocycles. The van der Waals surface area contributed by atoms with E-state index in [1.54, 1.807) is 24.3 Å². The van der Waals surface area contributed by atoms with Crippen LogP contribution in [0.15, 0.2) is 30.3 Å². The molecule has 4 atom stereocenters. The Kier molecular flexibility index (Phi) is 10.6. The van der Waals surface area contributed by atoms with E-state index in [0.29, 0.717) is 0 Å². The van der Waals surface area contributed by atoms with Crippen LogP contribution in [0.3, 0.4) is 0 Å². The minimum Gasteiger partial charge on any atom is -0.466 e. The van der Waals surface area contributed by atoms with Crippen molar-refractivity contribution in [1.82, 2.24) is 10.6 Å². The summed E-state index contributed by atoms with van der Waals surface area (Å²) >= 11 is 0. The monoisotopic (exact) mass is 442 g/mol. The number of esters is 1. The average molecular weight is 442 g/mol. The van der Waals surface area contributed by atoms with E-state index in [2.05, 4.69) is 10.6 Å². The predicted octanol–water partition coefficient (Wildman–Crippen LogP) is 2.46. The van der Waals surface area contributed by atoms with Crippen molar-refractivity contribution >= 4 is 23.8 Å². The molecule has 1 rings (SSSR count). The fourth-order valence-electron chi connectivity index (χ4n) is 2.71. The van der Waals surface area contributed by atoms with Gasteiger partial charge in [0.05, 0.1) is 24.5 Å². The molecule has 31 heavy (non-hydrogen) atoms. The summed E-state index contributed by atoms with van der Waals surface area (Å²) in [6.07, 6.45) is -3.97. The Morgan fingerprint density at radius 3 is 2.10 bits per heavy atom. The van der Waals surface area contributed by atoms with Gasteiger partial charge in [-0.1, -0.05) is 37.3 Å². The Morgan fingerprint density at radius 1 is 0.935 bits per heavy atom. The van der Waals surface area contributed by atoms with Gasteiger partial charge < -0.3 is 20.1 Å². The highest BCUT2D eigenvalue weighted by atomic mass is 19.3. The van der Waals surface area contributed by atoms with Crippen LogP contribution in [0.4, 0.5) is 13.6 Å².